The molecule has 0 fully saturated rings. The fourth-order valence-corrected chi connectivity index (χ4v) is 1.40. The lowest BCUT2D eigenvalue weighted by Gasteiger charge is -2.02. The van der Waals surface area contributed by atoms with Gasteiger partial charge in [0.25, 0.3) is 0 Å². The zero-order valence-electron chi connectivity index (χ0n) is 9.68. The summed E-state index contributed by atoms with van der Waals surface area (Å²) in [5.41, 5.74) is 3.42. The molecule has 0 radical (unpaired) electrons. The fourth-order valence-electron chi connectivity index (χ4n) is 1.40. The maximum atomic E-state index is 4.25. The molecule has 1 aromatic carbocycles. The van der Waals surface area contributed by atoms with E-state index in [0.29, 0.717) is 5.82 Å². The fraction of sp³-hybridized carbons (Fsp3) is 0.250. The minimum Gasteiger partial charge on any atom is -0.131 e. The number of hydrogen-bond donors (Lipinski definition) is 0. The third-order valence-corrected chi connectivity index (χ3v) is 2.47. The molecule has 2 rings (SSSR count). The van der Waals surface area contributed by atoms with Gasteiger partial charge in [0.15, 0.2) is 5.82 Å². The molecule has 0 unspecified atom stereocenters. The number of aromatic nitrogens is 4. The first-order valence-electron chi connectivity index (χ1n) is 5.21. The molecule has 2 aromatic rings. The Kier molecular flexibility index (Phi) is 2.81. The van der Waals surface area contributed by atoms with Crippen LogP contribution in [0.3, 0.4) is 0 Å². The van der Waals surface area contributed by atoms with Crippen molar-refractivity contribution in [1.29, 1.82) is 0 Å². The summed E-state index contributed by atoms with van der Waals surface area (Å²) in [5.74, 6) is 0.626. The van der Waals surface area contributed by atoms with Crippen LogP contribution in [0, 0.1) is 13.8 Å². The first kappa shape index (κ1) is 10.5. The van der Waals surface area contributed by atoms with Crippen LogP contribution in [0.25, 0.3) is 11.8 Å². The van der Waals surface area contributed by atoms with Crippen LogP contribution in [-0.4, -0.2) is 20.2 Å². The van der Waals surface area contributed by atoms with E-state index in [-0.39, 0.29) is 0 Å². The van der Waals surface area contributed by atoms with Crippen LogP contribution in [0.1, 0.15) is 23.9 Å². The van der Waals surface area contributed by atoms with Gasteiger partial charge in [0.2, 0.25) is 0 Å². The standard InChI is InChI=1S/C12H14N4/c1-4-5-12-13-15-16(14-12)11-7-6-9(2)10(3)8-11/h4-8H,1-3H3/b5-4+. The Morgan fingerprint density at radius 1 is 1.19 bits per heavy atom. The Bertz CT molecular complexity index is 526. The number of aryl methyl sites for hydroxylation is 2. The molecule has 0 saturated heterocycles. The molecule has 16 heavy (non-hydrogen) atoms. The molecular weight excluding hydrogens is 200 g/mol. The summed E-state index contributed by atoms with van der Waals surface area (Å²) in [7, 11) is 0. The lowest BCUT2D eigenvalue weighted by Crippen LogP contribution is -1.99. The van der Waals surface area contributed by atoms with E-state index in [1.807, 2.05) is 25.1 Å². The summed E-state index contributed by atoms with van der Waals surface area (Å²) in [4.78, 5) is 1.54. The second kappa shape index (κ2) is 4.26. The topological polar surface area (TPSA) is 43.6 Å². The van der Waals surface area contributed by atoms with Crippen LogP contribution in [0.5, 0.6) is 0 Å². The number of hydrogen-bond acceptors (Lipinski definition) is 3. The van der Waals surface area contributed by atoms with Gasteiger partial charge in [-0.25, -0.2) is 0 Å². The van der Waals surface area contributed by atoms with E-state index in [9.17, 15) is 0 Å². The Hall–Kier alpha value is -1.97. The molecule has 82 valence electrons. The molecule has 0 bridgehead atoms. The zero-order chi connectivity index (χ0) is 11.5. The lowest BCUT2D eigenvalue weighted by molar-refractivity contribution is 0.718. The van der Waals surface area contributed by atoms with Crippen molar-refractivity contribution in [3.63, 3.8) is 0 Å². The maximum absolute atomic E-state index is 4.25. The first-order chi connectivity index (χ1) is 7.70. The number of rotatable bonds is 2. The Morgan fingerprint density at radius 2 is 2.00 bits per heavy atom. The minimum absolute atomic E-state index is 0.626. The number of allylic oxidation sites excluding steroid dienone is 1. The van der Waals surface area contributed by atoms with Crippen LogP contribution in [-0.2, 0) is 0 Å². The van der Waals surface area contributed by atoms with E-state index in [1.165, 1.54) is 11.1 Å². The quantitative estimate of drug-likeness (QED) is 0.770. The summed E-state index contributed by atoms with van der Waals surface area (Å²) in [5, 5.41) is 12.2. The Balaban J connectivity index is 2.38. The first-order valence-corrected chi connectivity index (χ1v) is 5.21. The van der Waals surface area contributed by atoms with Gasteiger partial charge in [0.1, 0.15) is 0 Å². The SMILES string of the molecule is C/C=C/c1nnn(-c2ccc(C)c(C)c2)n1. The van der Waals surface area contributed by atoms with E-state index in [1.54, 1.807) is 4.80 Å². The van der Waals surface area contributed by atoms with Crippen molar-refractivity contribution in [3.05, 3.63) is 41.2 Å². The average molecular weight is 214 g/mol. The van der Waals surface area contributed by atoms with Gasteiger partial charge in [-0.15, -0.1) is 15.0 Å². The summed E-state index contributed by atoms with van der Waals surface area (Å²) >= 11 is 0. The number of benzene rings is 1. The normalized spacial score (nSPS) is 11.2. The molecule has 0 amide bonds. The van der Waals surface area contributed by atoms with Crippen LogP contribution in [0.15, 0.2) is 24.3 Å². The molecule has 4 nitrogen and oxygen atoms in total. The van der Waals surface area contributed by atoms with Crippen molar-refractivity contribution in [2.75, 3.05) is 0 Å². The molecule has 0 saturated carbocycles. The molecule has 0 aliphatic carbocycles. The van der Waals surface area contributed by atoms with Crippen molar-refractivity contribution in [3.8, 4) is 5.69 Å². The van der Waals surface area contributed by atoms with Crippen LogP contribution in [0.2, 0.25) is 0 Å². The molecule has 0 N–H and O–H groups in total. The summed E-state index contributed by atoms with van der Waals surface area (Å²) < 4.78 is 0. The smallest absolute Gasteiger partial charge is 0.131 e. The highest BCUT2D eigenvalue weighted by Gasteiger charge is 2.03. The van der Waals surface area contributed by atoms with Crippen LogP contribution in [0.4, 0.5) is 0 Å². The van der Waals surface area contributed by atoms with E-state index >= 15 is 0 Å². The van der Waals surface area contributed by atoms with Gasteiger partial charge in [0, 0.05) is 0 Å². The van der Waals surface area contributed by atoms with Crippen LogP contribution < -0.4 is 0 Å². The number of nitrogens with zero attached hydrogens (tertiary/aromatic N) is 4. The summed E-state index contributed by atoms with van der Waals surface area (Å²) in [6.45, 7) is 6.08. The van der Waals surface area contributed by atoms with E-state index in [0.717, 1.165) is 5.69 Å². The van der Waals surface area contributed by atoms with E-state index in [2.05, 4.69) is 41.4 Å². The monoisotopic (exact) mass is 214 g/mol. The van der Waals surface area contributed by atoms with Crippen molar-refractivity contribution in [2.24, 2.45) is 0 Å². The van der Waals surface area contributed by atoms with Crippen molar-refractivity contribution in [2.45, 2.75) is 20.8 Å². The van der Waals surface area contributed by atoms with Gasteiger partial charge in [-0.2, -0.15) is 0 Å². The zero-order valence-corrected chi connectivity index (χ0v) is 9.68. The molecular formula is C12H14N4. The van der Waals surface area contributed by atoms with Gasteiger partial charge in [-0.3, -0.25) is 0 Å². The Labute approximate surface area is 94.6 Å². The molecule has 0 aliphatic heterocycles. The van der Waals surface area contributed by atoms with Crippen molar-refractivity contribution in [1.82, 2.24) is 20.2 Å². The summed E-state index contributed by atoms with van der Waals surface area (Å²) in [6, 6.07) is 6.10. The van der Waals surface area contributed by atoms with Gasteiger partial charge in [-0.05, 0) is 55.3 Å². The third-order valence-electron chi connectivity index (χ3n) is 2.47. The van der Waals surface area contributed by atoms with Crippen molar-refractivity contribution >= 4 is 6.08 Å². The minimum atomic E-state index is 0.626. The van der Waals surface area contributed by atoms with E-state index < -0.39 is 0 Å². The third kappa shape index (κ3) is 2.00. The van der Waals surface area contributed by atoms with Crippen molar-refractivity contribution < 1.29 is 0 Å². The molecule has 0 spiro atoms. The number of tetrazole rings is 1. The highest BCUT2D eigenvalue weighted by molar-refractivity contribution is 5.40. The second-order valence-corrected chi connectivity index (χ2v) is 3.71. The Morgan fingerprint density at radius 3 is 2.69 bits per heavy atom. The average Bonchev–Trinajstić information content (AvgIpc) is 2.71. The predicted octanol–water partition coefficient (Wildman–Crippen LogP) is 2.31. The van der Waals surface area contributed by atoms with Gasteiger partial charge in [-0.1, -0.05) is 12.1 Å². The van der Waals surface area contributed by atoms with Crippen LogP contribution >= 0.6 is 0 Å². The second-order valence-electron chi connectivity index (χ2n) is 3.71. The largest absolute Gasteiger partial charge is 0.197 e. The molecule has 1 aromatic heterocycles. The lowest BCUT2D eigenvalue weighted by atomic mass is 10.1. The highest BCUT2D eigenvalue weighted by Crippen LogP contribution is 2.12. The molecule has 0 aliphatic rings. The molecule has 4 heteroatoms. The van der Waals surface area contributed by atoms with E-state index in [4.69, 9.17) is 0 Å². The molecule has 0 atom stereocenters. The highest BCUT2D eigenvalue weighted by atomic mass is 15.6. The summed E-state index contributed by atoms with van der Waals surface area (Å²) in [6.07, 6.45) is 3.71. The van der Waals surface area contributed by atoms with Gasteiger partial charge in [0.05, 0.1) is 5.69 Å². The predicted molar refractivity (Wildman–Crippen MR) is 63.3 cm³/mol. The molecule has 1 heterocycles. The maximum Gasteiger partial charge on any atom is 0.197 e. The van der Waals surface area contributed by atoms with Gasteiger partial charge < -0.3 is 0 Å². The van der Waals surface area contributed by atoms with Gasteiger partial charge >= 0.3 is 0 Å².